The number of carbonyl (C=O) groups is 1. The van der Waals surface area contributed by atoms with Crippen LogP contribution in [0.5, 0.6) is 0 Å². The number of amides is 1. The molecule has 1 atom stereocenters. The van der Waals surface area contributed by atoms with Crippen molar-refractivity contribution in [3.05, 3.63) is 28.3 Å². The summed E-state index contributed by atoms with van der Waals surface area (Å²) in [6, 6.07) is 3.59. The third-order valence-corrected chi connectivity index (χ3v) is 2.85. The molecule has 0 fully saturated rings. The van der Waals surface area contributed by atoms with Crippen LogP contribution in [0.2, 0.25) is 5.02 Å². The summed E-state index contributed by atoms with van der Waals surface area (Å²) in [5.41, 5.74) is 2.65. The third-order valence-electron chi connectivity index (χ3n) is 2.64. The molecule has 15 heavy (non-hydrogen) atoms. The number of benzene rings is 1. The molecular formula is C11H12ClNO2. The fourth-order valence-electron chi connectivity index (χ4n) is 1.82. The monoisotopic (exact) mass is 225 g/mol. The van der Waals surface area contributed by atoms with Gasteiger partial charge < -0.3 is 10.4 Å². The quantitative estimate of drug-likeness (QED) is 0.808. The second kappa shape index (κ2) is 3.83. The van der Waals surface area contributed by atoms with Gasteiger partial charge in [0, 0.05) is 23.2 Å². The number of hydrogen-bond acceptors (Lipinski definition) is 2. The number of rotatable bonds is 2. The maximum Gasteiger partial charge on any atom is 0.228 e. The van der Waals surface area contributed by atoms with E-state index in [1.165, 1.54) is 0 Å². The highest BCUT2D eigenvalue weighted by atomic mass is 35.5. The molecule has 2 rings (SSSR count). The van der Waals surface area contributed by atoms with Gasteiger partial charge in [0.15, 0.2) is 0 Å². The van der Waals surface area contributed by atoms with Crippen molar-refractivity contribution in [2.45, 2.75) is 19.3 Å². The lowest BCUT2D eigenvalue weighted by Crippen LogP contribution is -2.07. The minimum absolute atomic E-state index is 0.0151. The zero-order chi connectivity index (χ0) is 11.0. The Bertz CT molecular complexity index is 417. The number of hydrogen-bond donors (Lipinski definition) is 2. The van der Waals surface area contributed by atoms with Gasteiger partial charge in [-0.25, -0.2) is 0 Å². The molecule has 1 amide bonds. The first-order valence-corrected chi connectivity index (χ1v) is 5.22. The molecule has 0 saturated heterocycles. The van der Waals surface area contributed by atoms with Gasteiger partial charge in [0.1, 0.15) is 0 Å². The molecule has 0 spiro atoms. The second-order valence-electron chi connectivity index (χ2n) is 3.84. The Balaban J connectivity index is 2.51. The number of halogens is 1. The molecule has 3 nitrogen and oxygen atoms in total. The number of fused-ring (bicyclic) bond motifs is 1. The lowest BCUT2D eigenvalue weighted by Gasteiger charge is -2.13. The molecule has 1 aliphatic rings. The van der Waals surface area contributed by atoms with Gasteiger partial charge in [-0.3, -0.25) is 4.79 Å². The lowest BCUT2D eigenvalue weighted by atomic mass is 9.97. The van der Waals surface area contributed by atoms with Crippen LogP contribution >= 0.6 is 11.6 Å². The molecule has 1 unspecified atom stereocenters. The second-order valence-corrected chi connectivity index (χ2v) is 4.27. The standard InChI is InChI=1S/C11H12ClNO2/c1-6(5-14)9-4-8(12)2-7-3-10(15)13-11(7)9/h2,4,6,14H,3,5H2,1H3,(H,13,15). The van der Waals surface area contributed by atoms with E-state index in [1.54, 1.807) is 12.1 Å². The highest BCUT2D eigenvalue weighted by Gasteiger charge is 2.23. The van der Waals surface area contributed by atoms with E-state index in [0.29, 0.717) is 11.4 Å². The largest absolute Gasteiger partial charge is 0.396 e. The highest BCUT2D eigenvalue weighted by Crippen LogP contribution is 2.34. The maximum absolute atomic E-state index is 11.3. The number of aliphatic hydroxyl groups is 1. The van der Waals surface area contributed by atoms with Crippen LogP contribution in [0, 0.1) is 0 Å². The topological polar surface area (TPSA) is 49.3 Å². The van der Waals surface area contributed by atoms with Crippen molar-refractivity contribution >= 4 is 23.2 Å². The minimum atomic E-state index is -0.0177. The maximum atomic E-state index is 11.3. The summed E-state index contributed by atoms with van der Waals surface area (Å²) in [6.45, 7) is 1.94. The van der Waals surface area contributed by atoms with Crippen molar-refractivity contribution in [3.8, 4) is 0 Å². The molecule has 0 radical (unpaired) electrons. The van der Waals surface area contributed by atoms with Crippen LogP contribution < -0.4 is 5.32 Å². The molecule has 4 heteroatoms. The van der Waals surface area contributed by atoms with E-state index in [0.717, 1.165) is 16.8 Å². The average Bonchev–Trinajstić information content (AvgIpc) is 2.55. The Kier molecular flexibility index (Phi) is 2.67. The Morgan fingerprint density at radius 2 is 2.33 bits per heavy atom. The summed E-state index contributed by atoms with van der Waals surface area (Å²) in [5, 5.41) is 12.5. The van der Waals surface area contributed by atoms with Crippen molar-refractivity contribution < 1.29 is 9.90 Å². The summed E-state index contributed by atoms with van der Waals surface area (Å²) in [4.78, 5) is 11.3. The van der Waals surface area contributed by atoms with Crippen LogP contribution in [0.4, 0.5) is 5.69 Å². The summed E-state index contributed by atoms with van der Waals surface area (Å²) < 4.78 is 0. The molecule has 0 aliphatic carbocycles. The molecule has 0 bridgehead atoms. The van der Waals surface area contributed by atoms with E-state index in [1.807, 2.05) is 6.92 Å². The molecule has 2 N–H and O–H groups in total. The SMILES string of the molecule is CC(CO)c1cc(Cl)cc2c1NC(=O)C2. The average molecular weight is 226 g/mol. The van der Waals surface area contributed by atoms with Crippen LogP contribution in [0.25, 0.3) is 0 Å². The molecule has 0 aromatic heterocycles. The van der Waals surface area contributed by atoms with Gasteiger partial charge in [-0.05, 0) is 23.3 Å². The van der Waals surface area contributed by atoms with Crippen molar-refractivity contribution in [1.82, 2.24) is 0 Å². The van der Waals surface area contributed by atoms with E-state index in [2.05, 4.69) is 5.32 Å². The molecule has 0 saturated carbocycles. The lowest BCUT2D eigenvalue weighted by molar-refractivity contribution is -0.115. The first-order chi connectivity index (χ1) is 7.11. The fourth-order valence-corrected chi connectivity index (χ4v) is 2.07. The molecule has 1 aromatic carbocycles. The number of nitrogens with one attached hydrogen (secondary N) is 1. The van der Waals surface area contributed by atoms with Crippen molar-refractivity contribution in [2.75, 3.05) is 11.9 Å². The summed E-state index contributed by atoms with van der Waals surface area (Å²) >= 11 is 5.96. The summed E-state index contributed by atoms with van der Waals surface area (Å²) in [5.74, 6) is -0.0329. The summed E-state index contributed by atoms with van der Waals surface area (Å²) in [6.07, 6.45) is 0.376. The third kappa shape index (κ3) is 1.85. The highest BCUT2D eigenvalue weighted by molar-refractivity contribution is 6.31. The van der Waals surface area contributed by atoms with Crippen LogP contribution in [-0.4, -0.2) is 17.6 Å². The smallest absolute Gasteiger partial charge is 0.228 e. The first-order valence-electron chi connectivity index (χ1n) is 4.85. The zero-order valence-electron chi connectivity index (χ0n) is 8.38. The minimum Gasteiger partial charge on any atom is -0.396 e. The van der Waals surface area contributed by atoms with Crippen molar-refractivity contribution in [1.29, 1.82) is 0 Å². The normalized spacial score (nSPS) is 16.1. The van der Waals surface area contributed by atoms with Gasteiger partial charge >= 0.3 is 0 Å². The molecule has 1 heterocycles. The van der Waals surface area contributed by atoms with Crippen LogP contribution in [0.3, 0.4) is 0 Å². The predicted molar refractivity (Wildman–Crippen MR) is 59.3 cm³/mol. The van der Waals surface area contributed by atoms with Gasteiger partial charge in [0.2, 0.25) is 5.91 Å². The van der Waals surface area contributed by atoms with Gasteiger partial charge in [-0.2, -0.15) is 0 Å². The van der Waals surface area contributed by atoms with Gasteiger partial charge in [0.25, 0.3) is 0 Å². The number of aliphatic hydroxyl groups excluding tert-OH is 1. The van der Waals surface area contributed by atoms with E-state index >= 15 is 0 Å². The Hall–Kier alpha value is -1.06. The predicted octanol–water partition coefficient (Wildman–Crippen LogP) is 1.93. The van der Waals surface area contributed by atoms with Crippen LogP contribution in [0.1, 0.15) is 24.0 Å². The molecule has 1 aromatic rings. The molecule has 1 aliphatic heterocycles. The number of carbonyl (C=O) groups excluding carboxylic acids is 1. The Morgan fingerprint density at radius 1 is 1.60 bits per heavy atom. The zero-order valence-corrected chi connectivity index (χ0v) is 9.14. The molecule has 80 valence electrons. The number of anilines is 1. The first kappa shape index (κ1) is 10.5. The summed E-state index contributed by atoms with van der Waals surface area (Å²) in [7, 11) is 0. The van der Waals surface area contributed by atoms with E-state index < -0.39 is 0 Å². The van der Waals surface area contributed by atoms with Crippen LogP contribution in [-0.2, 0) is 11.2 Å². The van der Waals surface area contributed by atoms with Gasteiger partial charge in [-0.1, -0.05) is 18.5 Å². The van der Waals surface area contributed by atoms with Crippen molar-refractivity contribution in [2.24, 2.45) is 0 Å². The fraction of sp³-hybridized carbons (Fsp3) is 0.364. The van der Waals surface area contributed by atoms with E-state index in [9.17, 15) is 4.79 Å². The van der Waals surface area contributed by atoms with Gasteiger partial charge in [0.05, 0.1) is 6.42 Å². The van der Waals surface area contributed by atoms with Gasteiger partial charge in [-0.15, -0.1) is 0 Å². The van der Waals surface area contributed by atoms with Crippen molar-refractivity contribution in [3.63, 3.8) is 0 Å². The molecular weight excluding hydrogens is 214 g/mol. The van der Waals surface area contributed by atoms with E-state index in [-0.39, 0.29) is 18.4 Å². The Labute approximate surface area is 93.1 Å². The Morgan fingerprint density at radius 3 is 3.00 bits per heavy atom. The van der Waals surface area contributed by atoms with Crippen LogP contribution in [0.15, 0.2) is 12.1 Å². The van der Waals surface area contributed by atoms with E-state index in [4.69, 9.17) is 16.7 Å².